The third-order valence-corrected chi connectivity index (χ3v) is 2.86. The molecule has 0 aromatic carbocycles. The van der Waals surface area contributed by atoms with E-state index in [2.05, 4.69) is 15.2 Å². The minimum atomic E-state index is -0.332. The van der Waals surface area contributed by atoms with Crippen molar-refractivity contribution in [3.8, 4) is 0 Å². The number of ether oxygens (including phenoxy) is 1. The number of carbonyl (C=O) groups is 1. The monoisotopic (exact) mass is 287 g/mol. The molecule has 1 aromatic rings. The summed E-state index contributed by atoms with van der Waals surface area (Å²) in [5.41, 5.74) is 2.15. The number of halogens is 1. The molecule has 0 saturated heterocycles. The average molecular weight is 288 g/mol. The molecule has 0 unspecified atom stereocenters. The second-order valence-corrected chi connectivity index (χ2v) is 4.27. The van der Waals surface area contributed by atoms with Crippen molar-refractivity contribution < 1.29 is 9.53 Å². The number of pyridine rings is 1. The average Bonchev–Trinajstić information content (AvgIpc) is 2.34. The van der Waals surface area contributed by atoms with Crippen molar-refractivity contribution in [3.05, 3.63) is 22.9 Å². The van der Waals surface area contributed by atoms with Gasteiger partial charge in [-0.2, -0.15) is 0 Å². The molecule has 0 bridgehead atoms. The lowest BCUT2D eigenvalue weighted by Gasteiger charge is -2.20. The molecule has 0 radical (unpaired) electrons. The number of likely N-dealkylation sites (N-methyl/N-ethyl adjacent to an activating group) is 2. The molecule has 108 valence electrons. The molecule has 0 amide bonds. The number of hydrogen-bond donors (Lipinski definition) is 1. The standard InChI is InChI=1S/C13H21N3O2.ClH/c1-9-8-11(16(4)7-6-14-3)15-10(2)12(9)13(17)18-5;/h8,14H,6-7H2,1-5H3;1H. The second kappa shape index (κ2) is 7.96. The summed E-state index contributed by atoms with van der Waals surface area (Å²) in [7, 11) is 5.28. The molecule has 5 nitrogen and oxygen atoms in total. The Balaban J connectivity index is 0.00000324. The summed E-state index contributed by atoms with van der Waals surface area (Å²) in [6.45, 7) is 5.47. The highest BCUT2D eigenvalue weighted by molar-refractivity contribution is 5.92. The number of carbonyl (C=O) groups excluding carboxylic acids is 1. The summed E-state index contributed by atoms with van der Waals surface area (Å²) in [6, 6.07) is 1.91. The van der Waals surface area contributed by atoms with Gasteiger partial charge in [0, 0.05) is 20.1 Å². The third-order valence-electron chi connectivity index (χ3n) is 2.86. The first kappa shape index (κ1) is 17.7. The predicted molar refractivity (Wildman–Crippen MR) is 79.5 cm³/mol. The molecule has 1 aromatic heterocycles. The van der Waals surface area contributed by atoms with Gasteiger partial charge >= 0.3 is 5.97 Å². The van der Waals surface area contributed by atoms with Gasteiger partial charge in [0.1, 0.15) is 5.82 Å². The quantitative estimate of drug-likeness (QED) is 0.833. The van der Waals surface area contributed by atoms with Crippen molar-refractivity contribution in [2.45, 2.75) is 13.8 Å². The van der Waals surface area contributed by atoms with Crippen LogP contribution in [0, 0.1) is 13.8 Å². The number of esters is 1. The van der Waals surface area contributed by atoms with E-state index < -0.39 is 0 Å². The Morgan fingerprint density at radius 1 is 1.47 bits per heavy atom. The van der Waals surface area contributed by atoms with E-state index >= 15 is 0 Å². The van der Waals surface area contributed by atoms with Crippen molar-refractivity contribution in [1.82, 2.24) is 10.3 Å². The van der Waals surface area contributed by atoms with Gasteiger partial charge in [-0.25, -0.2) is 9.78 Å². The van der Waals surface area contributed by atoms with Gasteiger partial charge in [-0.15, -0.1) is 12.4 Å². The van der Waals surface area contributed by atoms with E-state index in [1.54, 1.807) is 0 Å². The fourth-order valence-corrected chi connectivity index (χ4v) is 1.81. The molecule has 0 aliphatic carbocycles. The van der Waals surface area contributed by atoms with Gasteiger partial charge in [0.15, 0.2) is 0 Å². The molecule has 1 rings (SSSR count). The lowest BCUT2D eigenvalue weighted by molar-refractivity contribution is 0.0598. The SMILES string of the molecule is CNCCN(C)c1cc(C)c(C(=O)OC)c(C)n1.Cl. The number of hydrogen-bond acceptors (Lipinski definition) is 5. The van der Waals surface area contributed by atoms with E-state index in [1.165, 1.54) is 7.11 Å². The fourth-order valence-electron chi connectivity index (χ4n) is 1.81. The molecular formula is C13H22ClN3O2. The third kappa shape index (κ3) is 4.36. The minimum absolute atomic E-state index is 0. The number of aryl methyl sites for hydroxylation is 2. The van der Waals surface area contributed by atoms with E-state index in [-0.39, 0.29) is 18.4 Å². The molecule has 6 heteroatoms. The van der Waals surface area contributed by atoms with Gasteiger partial charge in [-0.05, 0) is 32.5 Å². The molecule has 0 aliphatic rings. The Morgan fingerprint density at radius 2 is 2.11 bits per heavy atom. The van der Waals surface area contributed by atoms with Crippen molar-refractivity contribution in [2.75, 3.05) is 39.2 Å². The lowest BCUT2D eigenvalue weighted by Crippen LogP contribution is -2.28. The van der Waals surface area contributed by atoms with E-state index in [1.807, 2.05) is 34.0 Å². The number of anilines is 1. The largest absolute Gasteiger partial charge is 0.465 e. The number of nitrogens with one attached hydrogen (secondary N) is 1. The van der Waals surface area contributed by atoms with Crippen LogP contribution in [0.1, 0.15) is 21.6 Å². The fraction of sp³-hybridized carbons (Fsp3) is 0.538. The summed E-state index contributed by atoms with van der Waals surface area (Å²) in [5, 5.41) is 3.09. The van der Waals surface area contributed by atoms with Gasteiger partial charge in [0.2, 0.25) is 0 Å². The van der Waals surface area contributed by atoms with Gasteiger partial charge in [-0.3, -0.25) is 0 Å². The van der Waals surface area contributed by atoms with Crippen molar-refractivity contribution in [3.63, 3.8) is 0 Å². The summed E-state index contributed by atoms with van der Waals surface area (Å²) < 4.78 is 4.76. The first-order valence-corrected chi connectivity index (χ1v) is 5.93. The maximum Gasteiger partial charge on any atom is 0.339 e. The normalized spacial score (nSPS) is 9.74. The molecule has 19 heavy (non-hydrogen) atoms. The number of rotatable bonds is 5. The van der Waals surface area contributed by atoms with Crippen LogP contribution in [0.2, 0.25) is 0 Å². The van der Waals surface area contributed by atoms with Crippen molar-refractivity contribution in [2.24, 2.45) is 0 Å². The van der Waals surface area contributed by atoms with Crippen LogP contribution >= 0.6 is 12.4 Å². The highest BCUT2D eigenvalue weighted by Crippen LogP contribution is 2.19. The Kier molecular flexibility index (Phi) is 7.41. The van der Waals surface area contributed by atoms with E-state index in [0.29, 0.717) is 11.3 Å². The first-order chi connectivity index (χ1) is 8.51. The van der Waals surface area contributed by atoms with Crippen LogP contribution < -0.4 is 10.2 Å². The predicted octanol–water partition coefficient (Wildman–Crippen LogP) is 1.56. The van der Waals surface area contributed by atoms with Crippen LogP contribution in [-0.4, -0.2) is 45.2 Å². The van der Waals surface area contributed by atoms with Crippen molar-refractivity contribution >= 4 is 24.2 Å². The van der Waals surface area contributed by atoms with Crippen LogP contribution in [0.5, 0.6) is 0 Å². The minimum Gasteiger partial charge on any atom is -0.465 e. The second-order valence-electron chi connectivity index (χ2n) is 4.27. The van der Waals surface area contributed by atoms with Crippen LogP contribution in [0.15, 0.2) is 6.07 Å². The zero-order valence-corrected chi connectivity index (χ0v) is 12.9. The molecule has 1 heterocycles. The highest BCUT2D eigenvalue weighted by Gasteiger charge is 2.16. The molecule has 0 saturated carbocycles. The Bertz CT molecular complexity index is 415. The summed E-state index contributed by atoms with van der Waals surface area (Å²) in [5.74, 6) is 0.537. The van der Waals surface area contributed by atoms with Crippen LogP contribution in [0.3, 0.4) is 0 Å². The van der Waals surface area contributed by atoms with Gasteiger partial charge in [-0.1, -0.05) is 0 Å². The van der Waals surface area contributed by atoms with Crippen LogP contribution in [-0.2, 0) is 4.74 Å². The van der Waals surface area contributed by atoms with Gasteiger partial charge in [0.25, 0.3) is 0 Å². The molecular weight excluding hydrogens is 266 g/mol. The molecule has 0 spiro atoms. The molecule has 1 N–H and O–H groups in total. The number of aromatic nitrogens is 1. The lowest BCUT2D eigenvalue weighted by atomic mass is 10.1. The van der Waals surface area contributed by atoms with E-state index in [4.69, 9.17) is 4.74 Å². The first-order valence-electron chi connectivity index (χ1n) is 5.93. The zero-order valence-electron chi connectivity index (χ0n) is 12.1. The Morgan fingerprint density at radius 3 is 2.58 bits per heavy atom. The Labute approximate surface area is 120 Å². The highest BCUT2D eigenvalue weighted by atomic mass is 35.5. The van der Waals surface area contributed by atoms with E-state index in [9.17, 15) is 4.79 Å². The van der Waals surface area contributed by atoms with Crippen molar-refractivity contribution in [1.29, 1.82) is 0 Å². The molecule has 0 aliphatic heterocycles. The Hall–Kier alpha value is -1.33. The summed E-state index contributed by atoms with van der Waals surface area (Å²) in [4.78, 5) is 18.1. The maximum absolute atomic E-state index is 11.6. The number of methoxy groups -OCH3 is 1. The molecule has 0 fully saturated rings. The van der Waals surface area contributed by atoms with Crippen LogP contribution in [0.25, 0.3) is 0 Å². The van der Waals surface area contributed by atoms with Crippen LogP contribution in [0.4, 0.5) is 5.82 Å². The maximum atomic E-state index is 11.6. The van der Waals surface area contributed by atoms with E-state index in [0.717, 1.165) is 24.5 Å². The summed E-state index contributed by atoms with van der Waals surface area (Å²) in [6.07, 6.45) is 0. The number of nitrogens with zero attached hydrogens (tertiary/aromatic N) is 2. The topological polar surface area (TPSA) is 54.5 Å². The van der Waals surface area contributed by atoms with Gasteiger partial charge < -0.3 is 15.0 Å². The van der Waals surface area contributed by atoms with Gasteiger partial charge in [0.05, 0.1) is 18.4 Å². The smallest absolute Gasteiger partial charge is 0.339 e. The molecule has 0 atom stereocenters. The summed E-state index contributed by atoms with van der Waals surface area (Å²) >= 11 is 0. The zero-order chi connectivity index (χ0) is 13.7.